The number of piperazine rings is 1. The van der Waals surface area contributed by atoms with Crippen molar-refractivity contribution in [3.8, 4) is 11.3 Å². The van der Waals surface area contributed by atoms with Crippen LogP contribution in [0.2, 0.25) is 0 Å². The molecule has 0 radical (unpaired) electrons. The van der Waals surface area contributed by atoms with Crippen molar-refractivity contribution in [2.75, 3.05) is 26.2 Å². The van der Waals surface area contributed by atoms with Crippen molar-refractivity contribution in [2.45, 2.75) is 13.1 Å². The van der Waals surface area contributed by atoms with E-state index in [9.17, 15) is 9.59 Å². The summed E-state index contributed by atoms with van der Waals surface area (Å²) < 4.78 is 1.40. The van der Waals surface area contributed by atoms with Gasteiger partial charge in [-0.15, -0.1) is 11.3 Å². The van der Waals surface area contributed by atoms with Gasteiger partial charge >= 0.3 is 0 Å². The highest BCUT2D eigenvalue weighted by Crippen LogP contribution is 2.22. The minimum atomic E-state index is -0.180. The minimum absolute atomic E-state index is 0.0174. The Labute approximate surface area is 189 Å². The fourth-order valence-electron chi connectivity index (χ4n) is 3.94. The summed E-state index contributed by atoms with van der Waals surface area (Å²) in [5.74, 6) is -0.0514. The van der Waals surface area contributed by atoms with E-state index in [0.717, 1.165) is 35.9 Å². The molecule has 0 spiro atoms. The summed E-state index contributed by atoms with van der Waals surface area (Å²) in [7, 11) is 0. The topological polar surface area (TPSA) is 71.3 Å². The average molecular weight is 446 g/mol. The molecule has 0 N–H and O–H groups in total. The van der Waals surface area contributed by atoms with Crippen LogP contribution in [0.5, 0.6) is 0 Å². The van der Waals surface area contributed by atoms with Gasteiger partial charge in [0.15, 0.2) is 0 Å². The molecule has 0 atom stereocenters. The molecule has 5 rings (SSSR count). The highest BCUT2D eigenvalue weighted by molar-refractivity contribution is 7.09. The van der Waals surface area contributed by atoms with E-state index in [1.54, 1.807) is 23.5 Å². The molecule has 1 saturated heterocycles. The molecule has 2 aromatic heterocycles. The van der Waals surface area contributed by atoms with Crippen LogP contribution < -0.4 is 5.56 Å². The van der Waals surface area contributed by atoms with Gasteiger partial charge in [-0.1, -0.05) is 42.5 Å². The third-order valence-corrected chi connectivity index (χ3v) is 6.58. The Hall–Kier alpha value is -3.36. The second-order valence-corrected chi connectivity index (χ2v) is 8.79. The number of hydrogen-bond donors (Lipinski definition) is 0. The lowest BCUT2D eigenvalue weighted by Gasteiger charge is -2.34. The maximum atomic E-state index is 12.8. The first kappa shape index (κ1) is 20.5. The van der Waals surface area contributed by atoms with Crippen LogP contribution >= 0.6 is 11.3 Å². The molecule has 1 fully saturated rings. The first-order valence-electron chi connectivity index (χ1n) is 10.6. The van der Waals surface area contributed by atoms with Gasteiger partial charge in [-0.05, 0) is 12.1 Å². The summed E-state index contributed by atoms with van der Waals surface area (Å²) in [6.45, 7) is 3.67. The smallest absolute Gasteiger partial charge is 0.261 e. The highest BCUT2D eigenvalue weighted by Gasteiger charge is 2.22. The summed E-state index contributed by atoms with van der Waals surface area (Å²) in [5.41, 5.74) is 2.60. The van der Waals surface area contributed by atoms with Gasteiger partial charge in [-0.3, -0.25) is 19.1 Å². The molecule has 32 heavy (non-hydrogen) atoms. The van der Waals surface area contributed by atoms with Crippen LogP contribution in [0.3, 0.4) is 0 Å². The van der Waals surface area contributed by atoms with Crippen molar-refractivity contribution < 1.29 is 4.79 Å². The molecule has 8 heteroatoms. The first-order chi connectivity index (χ1) is 15.7. The molecule has 4 aromatic rings. The van der Waals surface area contributed by atoms with E-state index in [-0.39, 0.29) is 18.0 Å². The molecule has 3 heterocycles. The molecule has 1 aliphatic rings. The average Bonchev–Trinajstić information content (AvgIpc) is 3.30. The lowest BCUT2D eigenvalue weighted by atomic mass is 10.2. The van der Waals surface area contributed by atoms with E-state index < -0.39 is 0 Å². The standard InChI is InChI=1S/C24H23N5O2S/c30-23(15-29-17-25-20-9-5-4-8-19(20)24(29)31)28-12-10-27(11-13-28)14-22-26-21(16-32-22)18-6-2-1-3-7-18/h1-9,16-17H,10-15H2. The van der Waals surface area contributed by atoms with Crippen LogP contribution in [0.4, 0.5) is 0 Å². The third-order valence-electron chi connectivity index (χ3n) is 5.74. The number of nitrogens with zero attached hydrogens (tertiary/aromatic N) is 5. The van der Waals surface area contributed by atoms with E-state index in [4.69, 9.17) is 4.98 Å². The van der Waals surface area contributed by atoms with E-state index in [1.807, 2.05) is 35.2 Å². The Balaban J connectivity index is 1.17. The van der Waals surface area contributed by atoms with Crippen molar-refractivity contribution in [1.82, 2.24) is 24.3 Å². The van der Waals surface area contributed by atoms with Crippen LogP contribution in [-0.4, -0.2) is 56.4 Å². The van der Waals surface area contributed by atoms with E-state index in [1.165, 1.54) is 10.9 Å². The summed E-state index contributed by atoms with van der Waals surface area (Å²) in [6.07, 6.45) is 1.46. The number of rotatable bonds is 5. The first-order valence-corrected chi connectivity index (χ1v) is 11.5. The fraction of sp³-hybridized carbons (Fsp3) is 0.250. The molecule has 1 amide bonds. The summed E-state index contributed by atoms with van der Waals surface area (Å²) in [4.78, 5) is 38.7. The highest BCUT2D eigenvalue weighted by atomic mass is 32.1. The van der Waals surface area contributed by atoms with Crippen molar-refractivity contribution in [3.05, 3.63) is 81.7 Å². The summed E-state index contributed by atoms with van der Waals surface area (Å²) in [6, 6.07) is 17.4. The van der Waals surface area contributed by atoms with Crippen LogP contribution in [0, 0.1) is 0 Å². The SMILES string of the molecule is O=C(Cn1cnc2ccccc2c1=O)N1CCN(Cc2nc(-c3ccccc3)cs2)CC1. The zero-order chi connectivity index (χ0) is 21.9. The lowest BCUT2D eigenvalue weighted by Crippen LogP contribution is -2.49. The van der Waals surface area contributed by atoms with Gasteiger partial charge in [-0.2, -0.15) is 0 Å². The normalized spacial score (nSPS) is 14.7. The van der Waals surface area contributed by atoms with E-state index >= 15 is 0 Å². The number of aromatic nitrogens is 3. The summed E-state index contributed by atoms with van der Waals surface area (Å²) in [5, 5.41) is 3.71. The fourth-order valence-corrected chi connectivity index (χ4v) is 4.78. The Morgan fingerprint density at radius 2 is 1.72 bits per heavy atom. The Morgan fingerprint density at radius 1 is 0.969 bits per heavy atom. The number of thiazole rings is 1. The van der Waals surface area contributed by atoms with Crippen molar-refractivity contribution >= 4 is 28.1 Å². The maximum Gasteiger partial charge on any atom is 0.261 e. The van der Waals surface area contributed by atoms with Crippen LogP contribution in [-0.2, 0) is 17.9 Å². The van der Waals surface area contributed by atoms with Crippen molar-refractivity contribution in [2.24, 2.45) is 0 Å². The van der Waals surface area contributed by atoms with Gasteiger partial charge < -0.3 is 4.90 Å². The molecular weight excluding hydrogens is 422 g/mol. The van der Waals surface area contributed by atoms with Gasteiger partial charge in [0.25, 0.3) is 5.56 Å². The maximum absolute atomic E-state index is 12.8. The number of benzene rings is 2. The quantitative estimate of drug-likeness (QED) is 0.472. The minimum Gasteiger partial charge on any atom is -0.339 e. The molecular formula is C24H23N5O2S. The van der Waals surface area contributed by atoms with E-state index in [2.05, 4.69) is 27.4 Å². The molecule has 0 bridgehead atoms. The van der Waals surface area contributed by atoms with Crippen molar-refractivity contribution in [3.63, 3.8) is 0 Å². The Morgan fingerprint density at radius 3 is 2.53 bits per heavy atom. The molecule has 2 aromatic carbocycles. The zero-order valence-corrected chi connectivity index (χ0v) is 18.4. The molecule has 0 unspecified atom stereocenters. The number of carbonyl (C=O) groups excluding carboxylic acids is 1. The van der Waals surface area contributed by atoms with Gasteiger partial charge in [-0.25, -0.2) is 9.97 Å². The van der Waals surface area contributed by atoms with Gasteiger partial charge in [0, 0.05) is 37.1 Å². The van der Waals surface area contributed by atoms with Crippen LogP contribution in [0.25, 0.3) is 22.2 Å². The molecule has 0 saturated carbocycles. The second-order valence-electron chi connectivity index (χ2n) is 7.84. The van der Waals surface area contributed by atoms with Crippen LogP contribution in [0.15, 0.2) is 71.1 Å². The number of fused-ring (bicyclic) bond motifs is 1. The van der Waals surface area contributed by atoms with Gasteiger partial charge in [0.2, 0.25) is 5.91 Å². The largest absolute Gasteiger partial charge is 0.339 e. The van der Waals surface area contributed by atoms with Crippen LogP contribution in [0.1, 0.15) is 5.01 Å². The third kappa shape index (κ3) is 4.32. The number of hydrogen-bond acceptors (Lipinski definition) is 6. The molecule has 1 aliphatic heterocycles. The molecule has 0 aliphatic carbocycles. The second kappa shape index (κ2) is 9.02. The number of para-hydroxylation sites is 1. The molecule has 162 valence electrons. The monoisotopic (exact) mass is 445 g/mol. The summed E-state index contributed by atoms with van der Waals surface area (Å²) >= 11 is 1.67. The Kier molecular flexibility index (Phi) is 5.79. The Bertz CT molecular complexity index is 1290. The number of amides is 1. The van der Waals surface area contributed by atoms with E-state index in [0.29, 0.717) is 24.0 Å². The lowest BCUT2D eigenvalue weighted by molar-refractivity contribution is -0.133. The van der Waals surface area contributed by atoms with Gasteiger partial charge in [0.1, 0.15) is 11.6 Å². The zero-order valence-electron chi connectivity index (χ0n) is 17.6. The predicted molar refractivity (Wildman–Crippen MR) is 125 cm³/mol. The van der Waals surface area contributed by atoms with Crippen molar-refractivity contribution in [1.29, 1.82) is 0 Å². The number of carbonyl (C=O) groups is 1. The van der Waals surface area contributed by atoms with Gasteiger partial charge in [0.05, 0.1) is 29.5 Å². The molecule has 7 nitrogen and oxygen atoms in total. The predicted octanol–water partition coefficient (Wildman–Crippen LogP) is 2.86.